The van der Waals surface area contributed by atoms with E-state index in [2.05, 4.69) is 13.8 Å². The molecular weight excluding hydrogens is 132 g/mol. The van der Waals surface area contributed by atoms with Gasteiger partial charge in [0.15, 0.2) is 0 Å². The van der Waals surface area contributed by atoms with Crippen molar-refractivity contribution in [1.82, 2.24) is 0 Å². The molecule has 0 saturated heterocycles. The molecule has 0 aromatic heterocycles. The summed E-state index contributed by atoms with van der Waals surface area (Å²) in [5.41, 5.74) is 0.431. The van der Waals surface area contributed by atoms with Gasteiger partial charge in [-0.15, -0.1) is 11.8 Å². The Bertz CT molecular complexity index is 50.9. The third kappa shape index (κ3) is 4.79. The summed E-state index contributed by atoms with van der Waals surface area (Å²) in [6.07, 6.45) is 1.12. The smallest absolute Gasteiger partial charge is 0.102 e. The fourth-order valence-corrected chi connectivity index (χ4v) is 1.50. The van der Waals surface area contributed by atoms with Crippen molar-refractivity contribution < 1.29 is 4.74 Å². The van der Waals surface area contributed by atoms with Gasteiger partial charge in [0, 0.05) is 6.61 Å². The molecule has 0 aromatic rings. The van der Waals surface area contributed by atoms with Crippen molar-refractivity contribution >= 4 is 11.8 Å². The van der Waals surface area contributed by atoms with E-state index in [1.54, 1.807) is 0 Å². The van der Waals surface area contributed by atoms with Crippen LogP contribution in [0, 0.1) is 0 Å². The first-order valence-electron chi connectivity index (χ1n) is 3.58. The minimum atomic E-state index is 0.431. The Labute approximate surface area is 62.2 Å². The monoisotopic (exact) mass is 148 g/mol. The van der Waals surface area contributed by atoms with E-state index >= 15 is 0 Å². The lowest BCUT2D eigenvalue weighted by Crippen LogP contribution is -2.06. The van der Waals surface area contributed by atoms with Gasteiger partial charge in [0.1, 0.15) is 5.44 Å². The molecule has 0 aromatic carbocycles. The Morgan fingerprint density at radius 2 is 2.00 bits per heavy atom. The average Bonchev–Trinajstić information content (AvgIpc) is 1.88. The zero-order valence-electron chi connectivity index (χ0n) is 6.52. The number of rotatable bonds is 5. The second kappa shape index (κ2) is 6.43. The summed E-state index contributed by atoms with van der Waals surface area (Å²) in [4.78, 5) is 0. The molecule has 9 heavy (non-hydrogen) atoms. The van der Waals surface area contributed by atoms with Crippen LogP contribution in [-0.4, -0.2) is 17.8 Å². The number of ether oxygens (including phenoxy) is 1. The summed E-state index contributed by atoms with van der Waals surface area (Å²) < 4.78 is 5.39. The zero-order valence-corrected chi connectivity index (χ0v) is 7.33. The van der Waals surface area contributed by atoms with Crippen molar-refractivity contribution in [2.75, 3.05) is 12.4 Å². The summed E-state index contributed by atoms with van der Waals surface area (Å²) in [5.74, 6) is 1.15. The van der Waals surface area contributed by atoms with Crippen molar-refractivity contribution in [1.29, 1.82) is 0 Å². The Hall–Kier alpha value is 0.310. The predicted octanol–water partition coefficient (Wildman–Crippen LogP) is 2.51. The van der Waals surface area contributed by atoms with Gasteiger partial charge in [-0.1, -0.05) is 13.8 Å². The molecule has 0 bridgehead atoms. The summed E-state index contributed by atoms with van der Waals surface area (Å²) >= 11 is 1.88. The maximum Gasteiger partial charge on any atom is 0.102 e. The van der Waals surface area contributed by atoms with Crippen LogP contribution in [0.15, 0.2) is 0 Å². The van der Waals surface area contributed by atoms with Gasteiger partial charge in [0.05, 0.1) is 0 Å². The van der Waals surface area contributed by atoms with Crippen molar-refractivity contribution in [3.8, 4) is 0 Å². The minimum Gasteiger partial charge on any atom is -0.368 e. The molecule has 0 radical (unpaired) electrons. The van der Waals surface area contributed by atoms with E-state index in [-0.39, 0.29) is 0 Å². The highest BCUT2D eigenvalue weighted by Crippen LogP contribution is 2.14. The molecule has 0 fully saturated rings. The quantitative estimate of drug-likeness (QED) is 0.554. The fraction of sp³-hybridized carbons (Fsp3) is 1.00. The Morgan fingerprint density at radius 1 is 1.33 bits per heavy atom. The molecule has 0 rings (SSSR count). The molecule has 1 unspecified atom stereocenters. The first-order chi connectivity index (χ1) is 4.35. The first-order valence-corrected chi connectivity index (χ1v) is 4.63. The van der Waals surface area contributed by atoms with E-state index in [4.69, 9.17) is 4.74 Å². The van der Waals surface area contributed by atoms with E-state index in [0.717, 1.165) is 18.8 Å². The molecule has 0 N–H and O–H groups in total. The topological polar surface area (TPSA) is 9.23 Å². The molecule has 1 atom stereocenters. The molecule has 2 heteroatoms. The van der Waals surface area contributed by atoms with Crippen LogP contribution < -0.4 is 0 Å². The van der Waals surface area contributed by atoms with Crippen LogP contribution in [0.5, 0.6) is 0 Å². The van der Waals surface area contributed by atoms with E-state index in [1.165, 1.54) is 0 Å². The maximum absolute atomic E-state index is 5.39. The van der Waals surface area contributed by atoms with Gasteiger partial charge < -0.3 is 4.74 Å². The minimum absolute atomic E-state index is 0.431. The average molecular weight is 148 g/mol. The van der Waals surface area contributed by atoms with E-state index in [9.17, 15) is 0 Å². The van der Waals surface area contributed by atoms with Gasteiger partial charge in [-0.2, -0.15) is 0 Å². The zero-order chi connectivity index (χ0) is 7.11. The highest BCUT2D eigenvalue weighted by atomic mass is 32.2. The maximum atomic E-state index is 5.39. The van der Waals surface area contributed by atoms with Crippen molar-refractivity contribution in [3.63, 3.8) is 0 Å². The highest BCUT2D eigenvalue weighted by Gasteiger charge is 2.01. The summed E-state index contributed by atoms with van der Waals surface area (Å²) in [7, 11) is 0. The fourth-order valence-electron chi connectivity index (χ4n) is 0.656. The number of hydrogen-bond acceptors (Lipinski definition) is 2. The Kier molecular flexibility index (Phi) is 6.65. The molecule has 1 nitrogen and oxygen atoms in total. The Morgan fingerprint density at radius 3 is 2.33 bits per heavy atom. The lowest BCUT2D eigenvalue weighted by atomic mass is 10.5. The summed E-state index contributed by atoms with van der Waals surface area (Å²) in [6.45, 7) is 7.19. The molecule has 0 amide bonds. The van der Waals surface area contributed by atoms with Gasteiger partial charge in [0.25, 0.3) is 0 Å². The van der Waals surface area contributed by atoms with Gasteiger partial charge in [0.2, 0.25) is 0 Å². The molecule has 0 spiro atoms. The van der Waals surface area contributed by atoms with Crippen LogP contribution >= 0.6 is 11.8 Å². The van der Waals surface area contributed by atoms with Gasteiger partial charge in [-0.25, -0.2) is 0 Å². The molecule has 0 heterocycles. The van der Waals surface area contributed by atoms with Gasteiger partial charge in [-0.05, 0) is 19.1 Å². The predicted molar refractivity (Wildman–Crippen MR) is 43.8 cm³/mol. The van der Waals surface area contributed by atoms with E-state index in [0.29, 0.717) is 5.44 Å². The van der Waals surface area contributed by atoms with Gasteiger partial charge in [-0.3, -0.25) is 0 Å². The lowest BCUT2D eigenvalue weighted by molar-refractivity contribution is 0.122. The van der Waals surface area contributed by atoms with Crippen LogP contribution in [0.3, 0.4) is 0 Å². The molecule has 0 aliphatic heterocycles. The second-order valence-electron chi connectivity index (χ2n) is 1.75. The summed E-state index contributed by atoms with van der Waals surface area (Å²) in [5, 5.41) is 0. The third-order valence-corrected chi connectivity index (χ3v) is 2.21. The molecule has 0 aliphatic rings. The third-order valence-electron chi connectivity index (χ3n) is 1.04. The largest absolute Gasteiger partial charge is 0.368 e. The van der Waals surface area contributed by atoms with Gasteiger partial charge >= 0.3 is 0 Å². The van der Waals surface area contributed by atoms with Crippen LogP contribution in [0.1, 0.15) is 27.2 Å². The SMILES string of the molecule is CCOC(CC)SCC. The second-order valence-corrected chi connectivity index (χ2v) is 3.18. The van der Waals surface area contributed by atoms with Crippen LogP contribution in [-0.2, 0) is 4.74 Å². The van der Waals surface area contributed by atoms with Crippen LogP contribution in [0.2, 0.25) is 0 Å². The molecular formula is C7H16OS. The van der Waals surface area contributed by atoms with E-state index in [1.807, 2.05) is 18.7 Å². The van der Waals surface area contributed by atoms with E-state index < -0.39 is 0 Å². The van der Waals surface area contributed by atoms with Crippen molar-refractivity contribution in [3.05, 3.63) is 0 Å². The molecule has 56 valence electrons. The summed E-state index contributed by atoms with van der Waals surface area (Å²) in [6, 6.07) is 0. The standard InChI is InChI=1S/C7H16OS/c1-4-7(8-5-2)9-6-3/h7H,4-6H2,1-3H3. The highest BCUT2D eigenvalue weighted by molar-refractivity contribution is 7.99. The van der Waals surface area contributed by atoms with Crippen molar-refractivity contribution in [2.24, 2.45) is 0 Å². The van der Waals surface area contributed by atoms with Crippen molar-refractivity contribution in [2.45, 2.75) is 32.6 Å². The molecule has 0 saturated carbocycles. The Balaban J connectivity index is 3.18. The molecule has 0 aliphatic carbocycles. The first kappa shape index (κ1) is 9.31. The van der Waals surface area contributed by atoms with Crippen LogP contribution in [0.4, 0.5) is 0 Å². The normalized spacial score (nSPS) is 13.7. The van der Waals surface area contributed by atoms with Crippen LogP contribution in [0.25, 0.3) is 0 Å². The lowest BCUT2D eigenvalue weighted by Gasteiger charge is -2.12. The number of thioether (sulfide) groups is 1. The number of hydrogen-bond donors (Lipinski definition) is 0.